The summed E-state index contributed by atoms with van der Waals surface area (Å²) in [7, 11) is 0. The summed E-state index contributed by atoms with van der Waals surface area (Å²) >= 11 is 0. The smallest absolute Gasteiger partial charge is 0.0590 e. The molecule has 1 saturated carbocycles. The van der Waals surface area contributed by atoms with Gasteiger partial charge in [0.05, 0.1) is 6.10 Å². The van der Waals surface area contributed by atoms with Gasteiger partial charge in [0.2, 0.25) is 0 Å². The van der Waals surface area contributed by atoms with Crippen molar-refractivity contribution in [2.75, 3.05) is 13.2 Å². The van der Waals surface area contributed by atoms with E-state index in [1.54, 1.807) is 0 Å². The highest BCUT2D eigenvalue weighted by Gasteiger charge is 2.35. The molecule has 0 aromatic carbocycles. The van der Waals surface area contributed by atoms with E-state index < -0.39 is 0 Å². The van der Waals surface area contributed by atoms with Crippen LogP contribution in [0.3, 0.4) is 0 Å². The number of ether oxygens (including phenoxy) is 1. The van der Waals surface area contributed by atoms with Crippen LogP contribution in [-0.2, 0) is 4.74 Å². The maximum absolute atomic E-state index is 5.69. The van der Waals surface area contributed by atoms with Crippen LogP contribution in [0.4, 0.5) is 0 Å². The van der Waals surface area contributed by atoms with Gasteiger partial charge >= 0.3 is 0 Å². The molecule has 0 radical (unpaired) electrons. The van der Waals surface area contributed by atoms with Gasteiger partial charge in [-0.1, -0.05) is 19.8 Å². The Morgan fingerprint density at radius 1 is 1.33 bits per heavy atom. The van der Waals surface area contributed by atoms with Crippen LogP contribution in [0.5, 0.6) is 0 Å². The summed E-state index contributed by atoms with van der Waals surface area (Å²) in [5.41, 5.74) is 0. The summed E-state index contributed by atoms with van der Waals surface area (Å²) in [6.45, 7) is 6.63. The van der Waals surface area contributed by atoms with Gasteiger partial charge < -0.3 is 10.1 Å². The number of hydrogen-bond acceptors (Lipinski definition) is 2. The van der Waals surface area contributed by atoms with E-state index in [1.807, 2.05) is 0 Å². The minimum absolute atomic E-state index is 0.470. The quantitative estimate of drug-likeness (QED) is 0.729. The van der Waals surface area contributed by atoms with Gasteiger partial charge in [-0.05, 0) is 38.6 Å². The van der Waals surface area contributed by atoms with Gasteiger partial charge in [0.15, 0.2) is 0 Å². The van der Waals surface area contributed by atoms with Crippen LogP contribution >= 0.6 is 0 Å². The molecular formula is C13H25NO. The van der Waals surface area contributed by atoms with Crippen molar-refractivity contribution in [3.05, 3.63) is 0 Å². The Kier molecular flexibility index (Phi) is 4.04. The van der Waals surface area contributed by atoms with E-state index >= 15 is 0 Å². The molecule has 1 aliphatic carbocycles. The van der Waals surface area contributed by atoms with Crippen LogP contribution in [0.1, 0.15) is 46.0 Å². The van der Waals surface area contributed by atoms with Crippen molar-refractivity contribution in [2.45, 2.75) is 58.1 Å². The molecule has 2 fully saturated rings. The van der Waals surface area contributed by atoms with E-state index in [-0.39, 0.29) is 0 Å². The minimum atomic E-state index is 0.470. The van der Waals surface area contributed by atoms with Gasteiger partial charge in [-0.25, -0.2) is 0 Å². The van der Waals surface area contributed by atoms with E-state index in [1.165, 1.54) is 38.6 Å². The van der Waals surface area contributed by atoms with Crippen molar-refractivity contribution in [3.8, 4) is 0 Å². The molecule has 1 heterocycles. The Hall–Kier alpha value is -0.0800. The first kappa shape index (κ1) is 11.4. The van der Waals surface area contributed by atoms with Gasteiger partial charge in [-0.15, -0.1) is 0 Å². The second-order valence-electron chi connectivity index (χ2n) is 5.27. The first-order valence-electron chi connectivity index (χ1n) is 6.66. The molecule has 1 N–H and O–H groups in total. The highest BCUT2D eigenvalue weighted by Crippen LogP contribution is 2.37. The van der Waals surface area contributed by atoms with E-state index in [4.69, 9.17) is 4.74 Å². The largest absolute Gasteiger partial charge is 0.378 e. The van der Waals surface area contributed by atoms with Crippen molar-refractivity contribution in [2.24, 2.45) is 11.8 Å². The molecule has 0 amide bonds. The minimum Gasteiger partial charge on any atom is -0.378 e. The van der Waals surface area contributed by atoms with Crippen LogP contribution in [0, 0.1) is 11.8 Å². The predicted octanol–water partition coefficient (Wildman–Crippen LogP) is 2.58. The molecule has 3 unspecified atom stereocenters. The zero-order chi connectivity index (χ0) is 10.7. The molecule has 2 aliphatic rings. The van der Waals surface area contributed by atoms with Crippen molar-refractivity contribution in [1.29, 1.82) is 0 Å². The molecule has 3 atom stereocenters. The standard InChI is InChI=1S/C13H25NO/c1-3-7-14-13(9-11-4-5-11)12-6-8-15-10(12)2/h10-14H,3-9H2,1-2H3. The summed E-state index contributed by atoms with van der Waals surface area (Å²) < 4.78 is 5.69. The summed E-state index contributed by atoms with van der Waals surface area (Å²) in [5.74, 6) is 1.78. The van der Waals surface area contributed by atoms with Crippen LogP contribution in [-0.4, -0.2) is 25.3 Å². The van der Waals surface area contributed by atoms with Crippen LogP contribution in [0.15, 0.2) is 0 Å². The maximum atomic E-state index is 5.69. The lowest BCUT2D eigenvalue weighted by Gasteiger charge is -2.27. The van der Waals surface area contributed by atoms with Crippen LogP contribution < -0.4 is 5.32 Å². The lowest BCUT2D eigenvalue weighted by molar-refractivity contribution is 0.0935. The normalized spacial score (nSPS) is 33.2. The molecule has 2 nitrogen and oxygen atoms in total. The van der Waals surface area contributed by atoms with Gasteiger partial charge in [0, 0.05) is 18.6 Å². The van der Waals surface area contributed by atoms with Crippen molar-refractivity contribution in [1.82, 2.24) is 5.32 Å². The van der Waals surface area contributed by atoms with Crippen molar-refractivity contribution in [3.63, 3.8) is 0 Å². The number of rotatable bonds is 6. The number of nitrogens with one attached hydrogen (secondary N) is 1. The zero-order valence-corrected chi connectivity index (χ0v) is 10.2. The van der Waals surface area contributed by atoms with Crippen molar-refractivity contribution < 1.29 is 4.74 Å². The summed E-state index contributed by atoms with van der Waals surface area (Å²) in [6.07, 6.45) is 7.29. The fraction of sp³-hybridized carbons (Fsp3) is 1.00. The maximum Gasteiger partial charge on any atom is 0.0590 e. The fourth-order valence-electron chi connectivity index (χ4n) is 2.73. The SMILES string of the molecule is CCCNC(CC1CC1)C1CCOC1C. The molecule has 0 spiro atoms. The lowest BCUT2D eigenvalue weighted by Crippen LogP contribution is -2.40. The molecule has 0 aromatic heterocycles. The second-order valence-corrected chi connectivity index (χ2v) is 5.27. The first-order valence-corrected chi connectivity index (χ1v) is 6.66. The molecule has 1 aliphatic heterocycles. The molecule has 1 saturated heterocycles. The average Bonchev–Trinajstić information content (AvgIpc) is 2.95. The summed E-state index contributed by atoms with van der Waals surface area (Å²) in [6, 6.07) is 0.718. The van der Waals surface area contributed by atoms with E-state index in [0.29, 0.717) is 6.10 Å². The molecule has 2 heteroatoms. The Balaban J connectivity index is 1.84. The highest BCUT2D eigenvalue weighted by molar-refractivity contribution is 4.88. The second kappa shape index (κ2) is 5.31. The van der Waals surface area contributed by atoms with Crippen LogP contribution in [0.25, 0.3) is 0 Å². The molecule has 0 aromatic rings. The third-order valence-electron chi connectivity index (χ3n) is 3.89. The number of hydrogen-bond donors (Lipinski definition) is 1. The molecule has 0 bridgehead atoms. The third-order valence-corrected chi connectivity index (χ3v) is 3.89. The van der Waals surface area contributed by atoms with E-state index in [9.17, 15) is 0 Å². The van der Waals surface area contributed by atoms with Gasteiger partial charge in [0.25, 0.3) is 0 Å². The fourth-order valence-corrected chi connectivity index (χ4v) is 2.73. The summed E-state index contributed by atoms with van der Waals surface area (Å²) in [5, 5.41) is 3.73. The summed E-state index contributed by atoms with van der Waals surface area (Å²) in [4.78, 5) is 0. The molecule has 15 heavy (non-hydrogen) atoms. The van der Waals surface area contributed by atoms with Gasteiger partial charge in [0.1, 0.15) is 0 Å². The molecular weight excluding hydrogens is 186 g/mol. The van der Waals surface area contributed by atoms with Gasteiger partial charge in [-0.3, -0.25) is 0 Å². The molecule has 2 rings (SSSR count). The highest BCUT2D eigenvalue weighted by atomic mass is 16.5. The average molecular weight is 211 g/mol. The van der Waals surface area contributed by atoms with Gasteiger partial charge in [-0.2, -0.15) is 0 Å². The Bertz CT molecular complexity index is 191. The monoisotopic (exact) mass is 211 g/mol. The molecule has 88 valence electrons. The Morgan fingerprint density at radius 3 is 2.67 bits per heavy atom. The van der Waals surface area contributed by atoms with Crippen LogP contribution in [0.2, 0.25) is 0 Å². The predicted molar refractivity (Wildman–Crippen MR) is 62.9 cm³/mol. The third kappa shape index (κ3) is 3.18. The first-order chi connectivity index (χ1) is 7.31. The van der Waals surface area contributed by atoms with Crippen molar-refractivity contribution >= 4 is 0 Å². The Morgan fingerprint density at radius 2 is 2.13 bits per heavy atom. The lowest BCUT2D eigenvalue weighted by atomic mass is 9.89. The topological polar surface area (TPSA) is 21.3 Å². The van der Waals surface area contributed by atoms with E-state index in [2.05, 4.69) is 19.2 Å². The zero-order valence-electron chi connectivity index (χ0n) is 10.2. The van der Waals surface area contributed by atoms with E-state index in [0.717, 1.165) is 24.5 Å². The Labute approximate surface area is 93.8 Å².